The fourth-order valence-electron chi connectivity index (χ4n) is 2.35. The molecular weight excluding hydrogens is 272 g/mol. The van der Waals surface area contributed by atoms with Gasteiger partial charge in [-0.25, -0.2) is 0 Å². The van der Waals surface area contributed by atoms with Crippen molar-refractivity contribution in [2.45, 2.75) is 39.3 Å². The van der Waals surface area contributed by atoms with Gasteiger partial charge in [0.25, 0.3) is 0 Å². The van der Waals surface area contributed by atoms with Gasteiger partial charge in [0.05, 0.1) is 6.61 Å². The minimum atomic E-state index is 0.0987. The van der Waals surface area contributed by atoms with Gasteiger partial charge >= 0.3 is 0 Å². The van der Waals surface area contributed by atoms with E-state index in [4.69, 9.17) is 16.3 Å². The molecule has 0 aromatic heterocycles. The molecule has 112 valence electrons. The third-order valence-electron chi connectivity index (χ3n) is 3.41. The van der Waals surface area contributed by atoms with Crippen molar-refractivity contribution < 1.29 is 4.74 Å². The van der Waals surface area contributed by atoms with Crippen molar-refractivity contribution in [2.24, 2.45) is 0 Å². The van der Waals surface area contributed by atoms with Crippen molar-refractivity contribution in [2.75, 3.05) is 31.2 Å². The van der Waals surface area contributed by atoms with Crippen LogP contribution in [0.25, 0.3) is 0 Å². The van der Waals surface area contributed by atoms with Gasteiger partial charge in [-0.2, -0.15) is 0 Å². The molecule has 3 nitrogen and oxygen atoms in total. The lowest BCUT2D eigenvalue weighted by molar-refractivity contribution is 0.152. The van der Waals surface area contributed by atoms with Crippen molar-refractivity contribution in [3.63, 3.8) is 0 Å². The Labute approximate surface area is 127 Å². The number of hydrogen-bond acceptors (Lipinski definition) is 3. The Morgan fingerprint density at radius 2 is 2.05 bits per heavy atom. The molecule has 1 aromatic rings. The van der Waals surface area contributed by atoms with Gasteiger partial charge in [0.1, 0.15) is 0 Å². The van der Waals surface area contributed by atoms with Gasteiger partial charge < -0.3 is 15.0 Å². The first-order valence-electron chi connectivity index (χ1n) is 7.32. The van der Waals surface area contributed by atoms with Crippen LogP contribution in [0, 0.1) is 0 Å². The average molecular weight is 297 g/mol. The molecule has 0 unspecified atom stereocenters. The van der Waals surface area contributed by atoms with Crippen LogP contribution in [0.5, 0.6) is 0 Å². The zero-order chi connectivity index (χ0) is 14.6. The summed E-state index contributed by atoms with van der Waals surface area (Å²) in [5, 5.41) is 4.34. The quantitative estimate of drug-likeness (QED) is 0.924. The fraction of sp³-hybridized carbons (Fsp3) is 0.625. The van der Waals surface area contributed by atoms with Gasteiger partial charge in [0.15, 0.2) is 0 Å². The molecule has 0 bridgehead atoms. The van der Waals surface area contributed by atoms with E-state index in [0.29, 0.717) is 0 Å². The maximum atomic E-state index is 6.17. The molecule has 1 saturated heterocycles. The van der Waals surface area contributed by atoms with Crippen LogP contribution in [0.1, 0.15) is 32.8 Å². The molecule has 2 rings (SSSR count). The van der Waals surface area contributed by atoms with Crippen LogP contribution in [0.4, 0.5) is 5.69 Å². The highest BCUT2D eigenvalue weighted by Gasteiger charge is 2.16. The molecule has 1 heterocycles. The standard InChI is InChI=1S/C16H25ClN2O/c1-16(2,3)18-12-13-11-14(17)5-6-15(13)19-7-4-9-20-10-8-19/h5-6,11,18H,4,7-10,12H2,1-3H3. The Kier molecular flexibility index (Phi) is 5.30. The number of ether oxygens (including phenoxy) is 1. The van der Waals surface area contributed by atoms with Crippen LogP contribution in [-0.4, -0.2) is 31.8 Å². The van der Waals surface area contributed by atoms with E-state index in [1.165, 1.54) is 11.3 Å². The molecule has 1 aliphatic heterocycles. The molecular formula is C16H25ClN2O. The first kappa shape index (κ1) is 15.6. The third kappa shape index (κ3) is 4.65. The number of nitrogens with one attached hydrogen (secondary N) is 1. The zero-order valence-corrected chi connectivity index (χ0v) is 13.5. The third-order valence-corrected chi connectivity index (χ3v) is 3.65. The minimum absolute atomic E-state index is 0.0987. The number of hydrogen-bond donors (Lipinski definition) is 1. The molecule has 4 heteroatoms. The van der Waals surface area contributed by atoms with Crippen molar-refractivity contribution in [1.82, 2.24) is 5.32 Å². The van der Waals surface area contributed by atoms with E-state index in [2.05, 4.69) is 43.1 Å². The minimum Gasteiger partial charge on any atom is -0.380 e. The van der Waals surface area contributed by atoms with E-state index >= 15 is 0 Å². The van der Waals surface area contributed by atoms with Crippen molar-refractivity contribution >= 4 is 17.3 Å². The molecule has 0 radical (unpaired) electrons. The Morgan fingerprint density at radius 3 is 2.80 bits per heavy atom. The van der Waals surface area contributed by atoms with Gasteiger partial charge in [0, 0.05) is 42.5 Å². The van der Waals surface area contributed by atoms with Crippen LogP contribution in [0.15, 0.2) is 18.2 Å². The summed E-state index contributed by atoms with van der Waals surface area (Å²) >= 11 is 6.17. The summed E-state index contributed by atoms with van der Waals surface area (Å²) in [4.78, 5) is 2.41. The highest BCUT2D eigenvalue weighted by atomic mass is 35.5. The topological polar surface area (TPSA) is 24.5 Å². The SMILES string of the molecule is CC(C)(C)NCc1cc(Cl)ccc1N1CCCOCC1. The lowest BCUT2D eigenvalue weighted by Gasteiger charge is -2.27. The molecule has 1 aromatic carbocycles. The summed E-state index contributed by atoms with van der Waals surface area (Å²) in [6, 6.07) is 6.18. The van der Waals surface area contributed by atoms with Crippen molar-refractivity contribution in [3.8, 4) is 0 Å². The molecule has 20 heavy (non-hydrogen) atoms. The van der Waals surface area contributed by atoms with Crippen LogP contribution in [-0.2, 0) is 11.3 Å². The predicted octanol–water partition coefficient (Wildman–Crippen LogP) is 3.45. The van der Waals surface area contributed by atoms with Crippen LogP contribution in [0.2, 0.25) is 5.02 Å². The Balaban J connectivity index is 2.18. The molecule has 1 fully saturated rings. The molecule has 0 aliphatic carbocycles. The second kappa shape index (κ2) is 6.79. The fourth-order valence-corrected chi connectivity index (χ4v) is 2.55. The van der Waals surface area contributed by atoms with E-state index in [9.17, 15) is 0 Å². The van der Waals surface area contributed by atoms with Gasteiger partial charge in [-0.15, -0.1) is 0 Å². The summed E-state index contributed by atoms with van der Waals surface area (Å²) in [7, 11) is 0. The largest absolute Gasteiger partial charge is 0.380 e. The Morgan fingerprint density at radius 1 is 1.25 bits per heavy atom. The normalized spacial score (nSPS) is 17.1. The van der Waals surface area contributed by atoms with E-state index in [1.54, 1.807) is 0 Å². The zero-order valence-electron chi connectivity index (χ0n) is 12.7. The van der Waals surface area contributed by atoms with Gasteiger partial charge in [0.2, 0.25) is 0 Å². The second-order valence-electron chi connectivity index (χ2n) is 6.33. The number of nitrogens with zero attached hydrogens (tertiary/aromatic N) is 1. The van der Waals surface area contributed by atoms with Crippen LogP contribution >= 0.6 is 11.6 Å². The van der Waals surface area contributed by atoms with Gasteiger partial charge in [-0.3, -0.25) is 0 Å². The molecule has 1 aliphatic rings. The van der Waals surface area contributed by atoms with E-state index < -0.39 is 0 Å². The Bertz CT molecular complexity index is 435. The number of halogens is 1. The van der Waals surface area contributed by atoms with Crippen LogP contribution < -0.4 is 10.2 Å². The van der Waals surface area contributed by atoms with E-state index in [0.717, 1.165) is 44.3 Å². The van der Waals surface area contributed by atoms with Crippen molar-refractivity contribution in [3.05, 3.63) is 28.8 Å². The number of benzene rings is 1. The lowest BCUT2D eigenvalue weighted by Crippen LogP contribution is -2.36. The van der Waals surface area contributed by atoms with E-state index in [-0.39, 0.29) is 5.54 Å². The summed E-state index contributed by atoms with van der Waals surface area (Å²) < 4.78 is 5.54. The highest BCUT2D eigenvalue weighted by Crippen LogP contribution is 2.25. The second-order valence-corrected chi connectivity index (χ2v) is 6.77. The smallest absolute Gasteiger partial charge is 0.0641 e. The first-order chi connectivity index (χ1) is 9.46. The van der Waals surface area contributed by atoms with Crippen molar-refractivity contribution in [1.29, 1.82) is 0 Å². The summed E-state index contributed by atoms with van der Waals surface area (Å²) in [6.07, 6.45) is 1.08. The van der Waals surface area contributed by atoms with Gasteiger partial charge in [-0.1, -0.05) is 11.6 Å². The van der Waals surface area contributed by atoms with E-state index in [1.807, 2.05) is 6.07 Å². The first-order valence-corrected chi connectivity index (χ1v) is 7.70. The average Bonchev–Trinajstić information content (AvgIpc) is 2.64. The highest BCUT2D eigenvalue weighted by molar-refractivity contribution is 6.30. The number of anilines is 1. The molecule has 0 amide bonds. The monoisotopic (exact) mass is 296 g/mol. The summed E-state index contributed by atoms with van der Waals surface area (Å²) in [5.74, 6) is 0. The number of rotatable bonds is 3. The predicted molar refractivity (Wildman–Crippen MR) is 85.7 cm³/mol. The Hall–Kier alpha value is -0.770. The maximum absolute atomic E-state index is 6.17. The van der Waals surface area contributed by atoms with Gasteiger partial charge in [-0.05, 0) is 51.0 Å². The summed E-state index contributed by atoms with van der Waals surface area (Å²) in [5.41, 5.74) is 2.63. The van der Waals surface area contributed by atoms with Crippen LogP contribution in [0.3, 0.4) is 0 Å². The molecule has 0 saturated carbocycles. The maximum Gasteiger partial charge on any atom is 0.0641 e. The molecule has 0 spiro atoms. The molecule has 1 N–H and O–H groups in total. The lowest BCUT2D eigenvalue weighted by atomic mass is 10.1. The molecule has 0 atom stereocenters. The summed E-state index contributed by atoms with van der Waals surface area (Å²) in [6.45, 7) is 11.0.